The van der Waals surface area contributed by atoms with Crippen LogP contribution in [0.1, 0.15) is 10.4 Å². The van der Waals surface area contributed by atoms with Crippen molar-refractivity contribution < 1.29 is 22.4 Å². The van der Waals surface area contributed by atoms with Crippen molar-refractivity contribution >= 4 is 28.4 Å². The van der Waals surface area contributed by atoms with Crippen LogP contribution in [0.2, 0.25) is 5.02 Å². The molecular formula is C7Cl2F4O. The van der Waals surface area contributed by atoms with Gasteiger partial charge < -0.3 is 0 Å². The van der Waals surface area contributed by atoms with Gasteiger partial charge in [0.2, 0.25) is 0 Å². The van der Waals surface area contributed by atoms with Gasteiger partial charge >= 0.3 is 0 Å². The van der Waals surface area contributed by atoms with Crippen molar-refractivity contribution in [3.8, 4) is 0 Å². The first kappa shape index (κ1) is 11.3. The van der Waals surface area contributed by atoms with Crippen LogP contribution in [0, 0.1) is 23.3 Å². The highest BCUT2D eigenvalue weighted by molar-refractivity contribution is 6.67. The smallest absolute Gasteiger partial charge is 0.258 e. The van der Waals surface area contributed by atoms with E-state index in [1.54, 1.807) is 0 Å². The number of halogens is 6. The van der Waals surface area contributed by atoms with Gasteiger partial charge in [-0.1, -0.05) is 11.6 Å². The van der Waals surface area contributed by atoms with Crippen LogP contribution in [0.3, 0.4) is 0 Å². The molecule has 0 N–H and O–H groups in total. The topological polar surface area (TPSA) is 17.1 Å². The summed E-state index contributed by atoms with van der Waals surface area (Å²) in [6.45, 7) is 0. The van der Waals surface area contributed by atoms with Gasteiger partial charge in [0, 0.05) is 0 Å². The van der Waals surface area contributed by atoms with Gasteiger partial charge in [-0.2, -0.15) is 0 Å². The third-order valence-corrected chi connectivity index (χ3v) is 1.93. The Hall–Kier alpha value is -0.810. The third-order valence-electron chi connectivity index (χ3n) is 1.41. The second-order valence-corrected chi connectivity index (χ2v) is 2.94. The maximum atomic E-state index is 12.8. The minimum atomic E-state index is -1.91. The molecule has 0 saturated heterocycles. The molecule has 0 amide bonds. The van der Waals surface area contributed by atoms with E-state index in [0.29, 0.717) is 0 Å². The molecule has 0 aliphatic rings. The van der Waals surface area contributed by atoms with Crippen LogP contribution in [0.5, 0.6) is 0 Å². The van der Waals surface area contributed by atoms with Gasteiger partial charge in [-0.15, -0.1) is 0 Å². The molecule has 0 aliphatic carbocycles. The van der Waals surface area contributed by atoms with Gasteiger partial charge in [0.15, 0.2) is 23.3 Å². The molecule has 0 bridgehead atoms. The van der Waals surface area contributed by atoms with Crippen LogP contribution < -0.4 is 0 Å². The molecule has 0 atom stereocenters. The number of rotatable bonds is 1. The number of benzene rings is 1. The molecule has 14 heavy (non-hydrogen) atoms. The molecule has 0 saturated carbocycles. The summed E-state index contributed by atoms with van der Waals surface area (Å²) >= 11 is 9.60. The summed E-state index contributed by atoms with van der Waals surface area (Å²) in [6.07, 6.45) is 0. The molecule has 0 spiro atoms. The molecule has 0 heterocycles. The molecule has 0 radical (unpaired) electrons. The van der Waals surface area contributed by atoms with Gasteiger partial charge in [0.1, 0.15) is 10.6 Å². The molecule has 0 unspecified atom stereocenters. The molecule has 0 aliphatic heterocycles. The fraction of sp³-hybridized carbons (Fsp3) is 0. The lowest BCUT2D eigenvalue weighted by molar-refractivity contribution is 0.107. The zero-order chi connectivity index (χ0) is 11.0. The van der Waals surface area contributed by atoms with Crippen molar-refractivity contribution in [2.45, 2.75) is 0 Å². The number of hydrogen-bond donors (Lipinski definition) is 0. The molecule has 1 rings (SSSR count). The second-order valence-electron chi connectivity index (χ2n) is 2.22. The van der Waals surface area contributed by atoms with E-state index < -0.39 is 39.1 Å². The van der Waals surface area contributed by atoms with Crippen LogP contribution >= 0.6 is 23.2 Å². The molecule has 1 aromatic rings. The maximum absolute atomic E-state index is 12.8. The fourth-order valence-corrected chi connectivity index (χ4v) is 1.11. The summed E-state index contributed by atoms with van der Waals surface area (Å²) in [5.74, 6) is -7.52. The lowest BCUT2D eigenvalue weighted by Gasteiger charge is -2.04. The van der Waals surface area contributed by atoms with Crippen molar-refractivity contribution in [1.29, 1.82) is 0 Å². The van der Waals surface area contributed by atoms with Gasteiger partial charge in [-0.05, 0) is 11.6 Å². The van der Waals surface area contributed by atoms with Crippen LogP contribution in [0.4, 0.5) is 17.6 Å². The van der Waals surface area contributed by atoms with E-state index in [-0.39, 0.29) is 0 Å². The number of hydrogen-bond acceptors (Lipinski definition) is 1. The summed E-state index contributed by atoms with van der Waals surface area (Å²) < 4.78 is 50.9. The summed E-state index contributed by atoms with van der Waals surface area (Å²) in [5, 5.41) is -3.00. The van der Waals surface area contributed by atoms with Crippen molar-refractivity contribution in [3.05, 3.63) is 33.9 Å². The monoisotopic (exact) mass is 246 g/mol. The Morgan fingerprint density at radius 2 is 1.29 bits per heavy atom. The van der Waals surface area contributed by atoms with E-state index in [9.17, 15) is 22.4 Å². The van der Waals surface area contributed by atoms with Crippen molar-refractivity contribution in [3.63, 3.8) is 0 Å². The maximum Gasteiger partial charge on any atom is 0.258 e. The van der Waals surface area contributed by atoms with E-state index in [1.165, 1.54) is 0 Å². The highest BCUT2D eigenvalue weighted by atomic mass is 35.5. The fourth-order valence-electron chi connectivity index (χ4n) is 0.777. The average Bonchev–Trinajstić information content (AvgIpc) is 2.11. The Morgan fingerprint density at radius 1 is 0.929 bits per heavy atom. The zero-order valence-electron chi connectivity index (χ0n) is 6.18. The van der Waals surface area contributed by atoms with Gasteiger partial charge in [-0.3, -0.25) is 4.79 Å². The molecule has 0 aromatic heterocycles. The second kappa shape index (κ2) is 3.74. The van der Waals surface area contributed by atoms with Crippen molar-refractivity contribution in [1.82, 2.24) is 0 Å². The largest absolute Gasteiger partial charge is 0.275 e. The molecule has 0 fully saturated rings. The van der Waals surface area contributed by atoms with E-state index in [2.05, 4.69) is 0 Å². The minimum absolute atomic E-state index is 1.36. The van der Waals surface area contributed by atoms with E-state index in [1.807, 2.05) is 0 Å². The first-order chi connectivity index (χ1) is 6.37. The Morgan fingerprint density at radius 3 is 1.57 bits per heavy atom. The van der Waals surface area contributed by atoms with Crippen LogP contribution in [0.15, 0.2) is 0 Å². The average molecular weight is 247 g/mol. The highest BCUT2D eigenvalue weighted by Gasteiger charge is 2.27. The summed E-state index contributed by atoms with van der Waals surface area (Å²) in [7, 11) is 0. The number of carbonyl (C=O) groups excluding carboxylic acids is 1. The lowest BCUT2D eigenvalue weighted by Crippen LogP contribution is -2.06. The Kier molecular flexibility index (Phi) is 3.01. The predicted octanol–water partition coefficient (Wildman–Crippen LogP) is 3.28. The zero-order valence-corrected chi connectivity index (χ0v) is 7.69. The lowest BCUT2D eigenvalue weighted by atomic mass is 10.2. The third kappa shape index (κ3) is 1.57. The Bertz CT molecular complexity index is 390. The summed E-state index contributed by atoms with van der Waals surface area (Å²) in [4.78, 5) is 10.4. The molecule has 1 nitrogen and oxygen atoms in total. The first-order valence-corrected chi connectivity index (χ1v) is 3.84. The van der Waals surface area contributed by atoms with E-state index in [0.717, 1.165) is 0 Å². The summed E-state index contributed by atoms with van der Waals surface area (Å²) in [5.41, 5.74) is -1.49. The van der Waals surface area contributed by atoms with Crippen LogP contribution in [-0.2, 0) is 0 Å². The van der Waals surface area contributed by atoms with Gasteiger partial charge in [0.05, 0.1) is 0 Å². The number of carbonyl (C=O) groups is 1. The first-order valence-electron chi connectivity index (χ1n) is 3.09. The van der Waals surface area contributed by atoms with Crippen molar-refractivity contribution in [2.24, 2.45) is 0 Å². The van der Waals surface area contributed by atoms with Gasteiger partial charge in [-0.25, -0.2) is 17.6 Å². The molecule has 1 aromatic carbocycles. The van der Waals surface area contributed by atoms with E-state index >= 15 is 0 Å². The standard InChI is InChI=1S/C7Cl2F4O/c8-2-5(12)3(10)1(7(9)14)4(11)6(2)13. The van der Waals surface area contributed by atoms with Crippen molar-refractivity contribution in [2.75, 3.05) is 0 Å². The van der Waals surface area contributed by atoms with E-state index in [4.69, 9.17) is 23.2 Å². The predicted molar refractivity (Wildman–Crippen MR) is 41.5 cm³/mol. The Balaban J connectivity index is 3.68. The quantitative estimate of drug-likeness (QED) is 0.322. The molecule has 7 heteroatoms. The SMILES string of the molecule is O=C(Cl)c1c(F)c(F)c(Cl)c(F)c1F. The molecule has 76 valence electrons. The Labute approximate surface area is 85.2 Å². The van der Waals surface area contributed by atoms with Crippen LogP contribution in [-0.4, -0.2) is 5.24 Å². The minimum Gasteiger partial charge on any atom is -0.275 e. The summed E-state index contributed by atoms with van der Waals surface area (Å²) in [6, 6.07) is 0. The van der Waals surface area contributed by atoms with Crippen LogP contribution in [0.25, 0.3) is 0 Å². The molecular weight excluding hydrogens is 247 g/mol. The normalized spacial score (nSPS) is 10.4. The van der Waals surface area contributed by atoms with Gasteiger partial charge in [0.25, 0.3) is 5.24 Å². The highest BCUT2D eigenvalue weighted by Crippen LogP contribution is 2.28.